The summed E-state index contributed by atoms with van der Waals surface area (Å²) in [5.41, 5.74) is 1.09. The van der Waals surface area contributed by atoms with E-state index < -0.39 is 6.10 Å². The number of likely N-dealkylation sites (tertiary alicyclic amines) is 1. The predicted molar refractivity (Wildman–Crippen MR) is 105 cm³/mol. The molecule has 1 aliphatic heterocycles. The fourth-order valence-corrected chi connectivity index (χ4v) is 3.38. The van der Waals surface area contributed by atoms with Crippen LogP contribution in [-0.4, -0.2) is 48.3 Å². The average molecular weight is 386 g/mol. The lowest BCUT2D eigenvalue weighted by Gasteiger charge is -2.32. The van der Waals surface area contributed by atoms with Crippen molar-refractivity contribution in [2.45, 2.75) is 25.5 Å². The highest BCUT2D eigenvalue weighted by Crippen LogP contribution is 2.18. The van der Waals surface area contributed by atoms with Gasteiger partial charge >= 0.3 is 0 Å². The number of nitrogens with zero attached hydrogens (tertiary/aromatic N) is 1. The Kier molecular flexibility index (Phi) is 7.39. The molecule has 2 aromatic rings. The Morgan fingerprint density at radius 2 is 1.82 bits per heavy atom. The maximum absolute atomic E-state index is 12.9. The summed E-state index contributed by atoms with van der Waals surface area (Å²) in [7, 11) is 0. The Morgan fingerprint density at radius 1 is 1.14 bits per heavy atom. The molecule has 2 N–H and O–H groups in total. The van der Waals surface area contributed by atoms with E-state index in [9.17, 15) is 14.3 Å². The fraction of sp³-hybridized carbons (Fsp3) is 0.409. The topological polar surface area (TPSA) is 61.8 Å². The first-order valence-corrected chi connectivity index (χ1v) is 9.70. The van der Waals surface area contributed by atoms with Gasteiger partial charge < -0.3 is 20.1 Å². The minimum absolute atomic E-state index is 0.0209. The van der Waals surface area contributed by atoms with Crippen molar-refractivity contribution < 1.29 is 19.0 Å². The van der Waals surface area contributed by atoms with Crippen LogP contribution in [0.15, 0.2) is 54.6 Å². The average Bonchev–Trinajstić information content (AvgIpc) is 2.73. The lowest BCUT2D eigenvalue weighted by molar-refractivity contribution is -0.126. The first kappa shape index (κ1) is 20.3. The number of benzene rings is 2. The van der Waals surface area contributed by atoms with E-state index in [1.165, 1.54) is 12.1 Å². The van der Waals surface area contributed by atoms with Crippen molar-refractivity contribution in [3.8, 4) is 5.75 Å². The monoisotopic (exact) mass is 386 g/mol. The third kappa shape index (κ3) is 6.32. The largest absolute Gasteiger partial charge is 0.491 e. The van der Waals surface area contributed by atoms with Gasteiger partial charge in [-0.2, -0.15) is 0 Å². The number of nitrogens with one attached hydrogen (secondary N) is 1. The molecule has 3 rings (SSSR count). The van der Waals surface area contributed by atoms with E-state index in [2.05, 4.69) is 10.2 Å². The van der Waals surface area contributed by atoms with Gasteiger partial charge in [-0.3, -0.25) is 4.79 Å². The van der Waals surface area contributed by atoms with Gasteiger partial charge in [0.15, 0.2) is 0 Å². The standard InChI is InChI=1S/C22H27FN2O3/c23-19-6-8-21(9-7-19)28-16-20(26)15-25-12-10-18(11-13-25)22(27)24-14-17-4-2-1-3-5-17/h1-9,18,20,26H,10-16H2,(H,24,27). The van der Waals surface area contributed by atoms with Gasteiger partial charge in [0.2, 0.25) is 5.91 Å². The van der Waals surface area contributed by atoms with E-state index in [1.54, 1.807) is 12.1 Å². The third-order valence-electron chi connectivity index (χ3n) is 4.99. The van der Waals surface area contributed by atoms with Crippen molar-refractivity contribution in [2.75, 3.05) is 26.2 Å². The molecule has 1 amide bonds. The van der Waals surface area contributed by atoms with Crippen molar-refractivity contribution >= 4 is 5.91 Å². The Balaban J connectivity index is 1.34. The molecule has 0 bridgehead atoms. The number of rotatable bonds is 8. The number of β-amino-alcohol motifs (C(OH)–C–C–N with tert-alkyl or cyclic N) is 1. The SMILES string of the molecule is O=C(NCc1ccccc1)C1CCN(CC(O)COc2ccc(F)cc2)CC1. The molecule has 1 atom stereocenters. The molecular weight excluding hydrogens is 359 g/mol. The number of aliphatic hydroxyl groups excluding tert-OH is 1. The van der Waals surface area contributed by atoms with E-state index in [0.29, 0.717) is 18.8 Å². The second kappa shape index (κ2) is 10.2. The minimum Gasteiger partial charge on any atom is -0.491 e. The Morgan fingerprint density at radius 3 is 2.50 bits per heavy atom. The van der Waals surface area contributed by atoms with Gasteiger partial charge in [-0.25, -0.2) is 4.39 Å². The molecule has 28 heavy (non-hydrogen) atoms. The van der Waals surface area contributed by atoms with E-state index >= 15 is 0 Å². The number of hydrogen-bond donors (Lipinski definition) is 2. The number of amides is 1. The highest BCUT2D eigenvalue weighted by molar-refractivity contribution is 5.78. The number of hydrogen-bond acceptors (Lipinski definition) is 4. The Labute approximate surface area is 165 Å². The number of ether oxygens (including phenoxy) is 1. The molecular formula is C22H27FN2O3. The van der Waals surface area contributed by atoms with Gasteiger partial charge in [0.05, 0.1) is 0 Å². The summed E-state index contributed by atoms with van der Waals surface area (Å²) in [4.78, 5) is 14.5. The van der Waals surface area contributed by atoms with E-state index in [1.807, 2.05) is 30.3 Å². The Bertz CT molecular complexity index is 731. The van der Waals surface area contributed by atoms with Gasteiger partial charge in [-0.05, 0) is 55.8 Å². The van der Waals surface area contributed by atoms with Crippen LogP contribution in [0.4, 0.5) is 4.39 Å². The molecule has 1 unspecified atom stereocenters. The molecule has 0 radical (unpaired) electrons. The number of piperidine rings is 1. The Hall–Kier alpha value is -2.44. The number of carbonyl (C=O) groups excluding carboxylic acids is 1. The normalized spacial score (nSPS) is 16.5. The summed E-state index contributed by atoms with van der Waals surface area (Å²) in [6, 6.07) is 15.6. The second-order valence-electron chi connectivity index (χ2n) is 7.20. The first-order valence-electron chi connectivity index (χ1n) is 9.70. The van der Waals surface area contributed by atoms with Crippen molar-refractivity contribution in [1.82, 2.24) is 10.2 Å². The minimum atomic E-state index is -0.631. The van der Waals surface area contributed by atoms with Crippen molar-refractivity contribution in [2.24, 2.45) is 5.92 Å². The molecule has 0 saturated carbocycles. The number of carbonyl (C=O) groups is 1. The molecule has 0 aliphatic carbocycles. The first-order chi connectivity index (χ1) is 13.6. The van der Waals surface area contributed by atoms with Crippen LogP contribution in [0.2, 0.25) is 0 Å². The van der Waals surface area contributed by atoms with Crippen LogP contribution in [0.5, 0.6) is 5.75 Å². The molecule has 1 heterocycles. The lowest BCUT2D eigenvalue weighted by Crippen LogP contribution is -2.44. The lowest BCUT2D eigenvalue weighted by atomic mass is 9.95. The van der Waals surface area contributed by atoms with Crippen LogP contribution in [-0.2, 0) is 11.3 Å². The summed E-state index contributed by atoms with van der Waals surface area (Å²) in [5, 5.41) is 13.2. The molecule has 150 valence electrons. The quantitative estimate of drug-likeness (QED) is 0.732. The van der Waals surface area contributed by atoms with Gasteiger partial charge in [-0.1, -0.05) is 30.3 Å². The summed E-state index contributed by atoms with van der Waals surface area (Å²) < 4.78 is 18.4. The zero-order valence-electron chi connectivity index (χ0n) is 15.9. The van der Waals surface area contributed by atoms with Crippen LogP contribution in [0.1, 0.15) is 18.4 Å². The van der Waals surface area contributed by atoms with Crippen LogP contribution in [0.25, 0.3) is 0 Å². The van der Waals surface area contributed by atoms with Gasteiger partial charge in [0.25, 0.3) is 0 Å². The molecule has 0 spiro atoms. The molecule has 6 heteroatoms. The van der Waals surface area contributed by atoms with E-state index in [0.717, 1.165) is 31.5 Å². The number of aliphatic hydroxyl groups is 1. The molecule has 0 aromatic heterocycles. The fourth-order valence-electron chi connectivity index (χ4n) is 3.38. The van der Waals surface area contributed by atoms with Crippen LogP contribution < -0.4 is 10.1 Å². The predicted octanol–water partition coefficient (Wildman–Crippen LogP) is 2.59. The third-order valence-corrected chi connectivity index (χ3v) is 4.99. The zero-order chi connectivity index (χ0) is 19.8. The van der Waals surface area contributed by atoms with E-state index in [-0.39, 0.29) is 24.2 Å². The van der Waals surface area contributed by atoms with Crippen molar-refractivity contribution in [3.63, 3.8) is 0 Å². The molecule has 1 saturated heterocycles. The summed E-state index contributed by atoms with van der Waals surface area (Å²) >= 11 is 0. The zero-order valence-corrected chi connectivity index (χ0v) is 15.9. The van der Waals surface area contributed by atoms with Gasteiger partial charge in [0.1, 0.15) is 24.3 Å². The van der Waals surface area contributed by atoms with Gasteiger partial charge in [-0.15, -0.1) is 0 Å². The van der Waals surface area contributed by atoms with Crippen LogP contribution in [0, 0.1) is 11.7 Å². The number of halogens is 1. The molecule has 5 nitrogen and oxygen atoms in total. The summed E-state index contributed by atoms with van der Waals surface area (Å²) in [6.07, 6.45) is 0.937. The summed E-state index contributed by atoms with van der Waals surface area (Å²) in [6.45, 7) is 2.76. The van der Waals surface area contributed by atoms with E-state index in [4.69, 9.17) is 4.74 Å². The molecule has 1 aliphatic rings. The van der Waals surface area contributed by atoms with Crippen molar-refractivity contribution in [1.29, 1.82) is 0 Å². The van der Waals surface area contributed by atoms with Crippen LogP contribution >= 0.6 is 0 Å². The molecule has 2 aromatic carbocycles. The highest BCUT2D eigenvalue weighted by atomic mass is 19.1. The smallest absolute Gasteiger partial charge is 0.223 e. The van der Waals surface area contributed by atoms with Gasteiger partial charge in [0, 0.05) is 19.0 Å². The van der Waals surface area contributed by atoms with Crippen molar-refractivity contribution in [3.05, 3.63) is 66.0 Å². The summed E-state index contributed by atoms with van der Waals surface area (Å²) in [5.74, 6) is 0.342. The molecule has 1 fully saturated rings. The maximum atomic E-state index is 12.9. The van der Waals surface area contributed by atoms with Crippen LogP contribution in [0.3, 0.4) is 0 Å². The maximum Gasteiger partial charge on any atom is 0.223 e. The highest BCUT2D eigenvalue weighted by Gasteiger charge is 2.25. The second-order valence-corrected chi connectivity index (χ2v) is 7.20.